The Balaban J connectivity index is 2.26. The first-order valence-corrected chi connectivity index (χ1v) is 5.64. The molecule has 0 aliphatic rings. The van der Waals surface area contributed by atoms with Crippen molar-refractivity contribution in [2.24, 2.45) is 0 Å². The molecule has 0 radical (unpaired) electrons. The zero-order valence-electron chi connectivity index (χ0n) is 9.59. The molecule has 1 aromatic carbocycles. The lowest BCUT2D eigenvalue weighted by Crippen LogP contribution is -1.99. The Morgan fingerprint density at radius 3 is 2.74 bits per heavy atom. The normalized spacial score (nSPS) is 9.68. The molecule has 2 N–H and O–H groups in total. The standard InChI is InChI=1S/C13H8ClN3O2/c14-10-3-1-8(6-15)5-11(10)17-12-4-2-9(7-16-12)13(18)19/h1-5,7H,(H,16,17)(H,18,19). The quantitative estimate of drug-likeness (QED) is 0.897. The number of aromatic nitrogens is 1. The van der Waals surface area contributed by atoms with E-state index in [2.05, 4.69) is 10.3 Å². The molecule has 0 amide bonds. The number of nitriles is 1. The predicted molar refractivity (Wildman–Crippen MR) is 70.6 cm³/mol. The topological polar surface area (TPSA) is 86.0 Å². The second kappa shape index (κ2) is 5.38. The van der Waals surface area contributed by atoms with E-state index in [1.54, 1.807) is 18.2 Å². The Morgan fingerprint density at radius 1 is 1.37 bits per heavy atom. The largest absolute Gasteiger partial charge is 0.478 e. The van der Waals surface area contributed by atoms with Gasteiger partial charge in [0.25, 0.3) is 0 Å². The molecule has 0 saturated heterocycles. The molecule has 0 spiro atoms. The number of halogens is 1. The molecule has 1 aromatic heterocycles. The van der Waals surface area contributed by atoms with Crippen LogP contribution in [-0.4, -0.2) is 16.1 Å². The summed E-state index contributed by atoms with van der Waals surface area (Å²) in [6.45, 7) is 0. The summed E-state index contributed by atoms with van der Waals surface area (Å²) in [4.78, 5) is 14.6. The van der Waals surface area contributed by atoms with Gasteiger partial charge in [-0.15, -0.1) is 0 Å². The molecule has 94 valence electrons. The number of rotatable bonds is 3. The van der Waals surface area contributed by atoms with Gasteiger partial charge in [-0.1, -0.05) is 11.6 Å². The highest BCUT2D eigenvalue weighted by atomic mass is 35.5. The van der Waals surface area contributed by atoms with E-state index in [0.717, 1.165) is 0 Å². The number of carbonyl (C=O) groups is 1. The Kier molecular flexibility index (Phi) is 3.64. The van der Waals surface area contributed by atoms with Crippen molar-refractivity contribution in [2.45, 2.75) is 0 Å². The van der Waals surface area contributed by atoms with Crippen molar-refractivity contribution in [1.82, 2.24) is 4.98 Å². The van der Waals surface area contributed by atoms with Gasteiger partial charge >= 0.3 is 5.97 Å². The van der Waals surface area contributed by atoms with Crippen LogP contribution >= 0.6 is 11.6 Å². The van der Waals surface area contributed by atoms with Crippen molar-refractivity contribution in [1.29, 1.82) is 5.26 Å². The van der Waals surface area contributed by atoms with Gasteiger partial charge in [-0.2, -0.15) is 5.26 Å². The minimum atomic E-state index is -1.04. The molecule has 0 aliphatic carbocycles. The number of hydrogen-bond acceptors (Lipinski definition) is 4. The zero-order chi connectivity index (χ0) is 13.8. The minimum absolute atomic E-state index is 0.0995. The van der Waals surface area contributed by atoms with Crippen LogP contribution in [-0.2, 0) is 0 Å². The van der Waals surface area contributed by atoms with Crippen LogP contribution in [0.2, 0.25) is 5.02 Å². The maximum absolute atomic E-state index is 10.7. The van der Waals surface area contributed by atoms with Crippen molar-refractivity contribution < 1.29 is 9.90 Å². The molecular weight excluding hydrogens is 266 g/mol. The van der Waals surface area contributed by atoms with Gasteiger partial charge in [0.15, 0.2) is 0 Å². The van der Waals surface area contributed by atoms with Gasteiger partial charge in [0.2, 0.25) is 0 Å². The van der Waals surface area contributed by atoms with Crippen LogP contribution in [0.1, 0.15) is 15.9 Å². The van der Waals surface area contributed by atoms with Gasteiger partial charge < -0.3 is 10.4 Å². The minimum Gasteiger partial charge on any atom is -0.478 e. The van der Waals surface area contributed by atoms with Gasteiger partial charge in [0.1, 0.15) is 5.82 Å². The monoisotopic (exact) mass is 273 g/mol. The number of aromatic carboxylic acids is 1. The van der Waals surface area contributed by atoms with E-state index in [-0.39, 0.29) is 5.56 Å². The van der Waals surface area contributed by atoms with E-state index in [4.69, 9.17) is 22.0 Å². The third kappa shape index (κ3) is 3.00. The molecule has 0 fully saturated rings. The second-order valence-electron chi connectivity index (χ2n) is 3.67. The number of anilines is 2. The summed E-state index contributed by atoms with van der Waals surface area (Å²) in [5.74, 6) is -0.592. The van der Waals surface area contributed by atoms with E-state index in [1.807, 2.05) is 6.07 Å². The fourth-order valence-electron chi connectivity index (χ4n) is 1.42. The van der Waals surface area contributed by atoms with Crippen molar-refractivity contribution in [3.8, 4) is 6.07 Å². The highest BCUT2D eigenvalue weighted by Crippen LogP contribution is 2.25. The number of carboxylic acid groups (broad SMARTS) is 1. The van der Waals surface area contributed by atoms with Gasteiger partial charge in [0.05, 0.1) is 27.9 Å². The van der Waals surface area contributed by atoms with E-state index in [9.17, 15) is 4.79 Å². The molecule has 2 aromatic rings. The molecule has 6 heteroatoms. The Hall–Kier alpha value is -2.58. The molecule has 5 nitrogen and oxygen atoms in total. The van der Waals surface area contributed by atoms with E-state index in [1.165, 1.54) is 18.3 Å². The first-order valence-electron chi connectivity index (χ1n) is 5.26. The lowest BCUT2D eigenvalue weighted by atomic mass is 10.2. The lowest BCUT2D eigenvalue weighted by molar-refractivity contribution is 0.0696. The van der Waals surface area contributed by atoms with Crippen LogP contribution in [0.5, 0.6) is 0 Å². The van der Waals surface area contributed by atoms with Crippen LogP contribution in [0.15, 0.2) is 36.5 Å². The summed E-state index contributed by atoms with van der Waals surface area (Å²) in [5, 5.41) is 20.9. The highest BCUT2D eigenvalue weighted by molar-refractivity contribution is 6.33. The highest BCUT2D eigenvalue weighted by Gasteiger charge is 2.05. The molecule has 0 atom stereocenters. The van der Waals surface area contributed by atoms with Crippen molar-refractivity contribution >= 4 is 29.1 Å². The van der Waals surface area contributed by atoms with Crippen LogP contribution in [0, 0.1) is 11.3 Å². The van der Waals surface area contributed by atoms with Gasteiger partial charge in [-0.05, 0) is 30.3 Å². The average molecular weight is 274 g/mol. The van der Waals surface area contributed by atoms with Gasteiger partial charge in [-0.3, -0.25) is 0 Å². The Morgan fingerprint density at radius 2 is 2.16 bits per heavy atom. The Bertz CT molecular complexity index is 663. The molecule has 2 rings (SSSR count). The van der Waals surface area contributed by atoms with Crippen molar-refractivity contribution in [3.05, 3.63) is 52.7 Å². The summed E-state index contributed by atoms with van der Waals surface area (Å²) in [6, 6.07) is 9.77. The third-order valence-corrected chi connectivity index (χ3v) is 2.70. The Labute approximate surface area is 114 Å². The summed E-state index contributed by atoms with van der Waals surface area (Å²) in [5.41, 5.74) is 1.10. The zero-order valence-corrected chi connectivity index (χ0v) is 10.3. The molecule has 0 aliphatic heterocycles. The van der Waals surface area contributed by atoms with E-state index >= 15 is 0 Å². The lowest BCUT2D eigenvalue weighted by Gasteiger charge is -2.07. The van der Waals surface area contributed by atoms with Crippen LogP contribution < -0.4 is 5.32 Å². The van der Waals surface area contributed by atoms with Crippen molar-refractivity contribution in [3.63, 3.8) is 0 Å². The van der Waals surface area contributed by atoms with Gasteiger partial charge in [-0.25, -0.2) is 9.78 Å². The molecule has 0 bridgehead atoms. The number of carboxylic acids is 1. The SMILES string of the molecule is N#Cc1ccc(Cl)c(Nc2ccc(C(=O)O)cn2)c1. The van der Waals surface area contributed by atoms with E-state index in [0.29, 0.717) is 22.1 Å². The third-order valence-electron chi connectivity index (χ3n) is 2.37. The number of nitrogens with zero attached hydrogens (tertiary/aromatic N) is 2. The predicted octanol–water partition coefficient (Wildman–Crippen LogP) is 3.05. The fourth-order valence-corrected chi connectivity index (χ4v) is 1.59. The molecular formula is C13H8ClN3O2. The molecule has 19 heavy (non-hydrogen) atoms. The smallest absolute Gasteiger partial charge is 0.337 e. The first-order chi connectivity index (χ1) is 9.10. The summed E-state index contributed by atoms with van der Waals surface area (Å²) in [7, 11) is 0. The summed E-state index contributed by atoms with van der Waals surface area (Å²) >= 11 is 5.99. The fraction of sp³-hybridized carbons (Fsp3) is 0. The van der Waals surface area contributed by atoms with Crippen LogP contribution in [0.3, 0.4) is 0 Å². The molecule has 0 unspecified atom stereocenters. The number of pyridine rings is 1. The average Bonchev–Trinajstić information content (AvgIpc) is 2.42. The number of benzene rings is 1. The number of hydrogen-bond donors (Lipinski definition) is 2. The molecule has 0 saturated carbocycles. The van der Waals surface area contributed by atoms with E-state index < -0.39 is 5.97 Å². The summed E-state index contributed by atoms with van der Waals surface area (Å²) in [6.07, 6.45) is 1.24. The van der Waals surface area contributed by atoms with Gasteiger partial charge in [0, 0.05) is 6.20 Å². The molecule has 1 heterocycles. The summed E-state index contributed by atoms with van der Waals surface area (Å²) < 4.78 is 0. The first kappa shape index (κ1) is 12.9. The van der Waals surface area contributed by atoms with Crippen LogP contribution in [0.4, 0.5) is 11.5 Å². The number of nitrogens with one attached hydrogen (secondary N) is 1. The maximum atomic E-state index is 10.7. The maximum Gasteiger partial charge on any atom is 0.337 e. The van der Waals surface area contributed by atoms with Crippen molar-refractivity contribution in [2.75, 3.05) is 5.32 Å². The van der Waals surface area contributed by atoms with Crippen LogP contribution in [0.25, 0.3) is 0 Å². The second-order valence-corrected chi connectivity index (χ2v) is 4.08.